The second-order valence-corrected chi connectivity index (χ2v) is 8.80. The summed E-state index contributed by atoms with van der Waals surface area (Å²) in [5, 5.41) is 31.3. The van der Waals surface area contributed by atoms with E-state index in [-0.39, 0.29) is 16.8 Å². The number of carbonyl (C=O) groups excluding carboxylic acids is 1. The second-order valence-electron chi connectivity index (χ2n) is 8.80. The van der Waals surface area contributed by atoms with Crippen molar-refractivity contribution in [2.24, 2.45) is 5.92 Å². The minimum Gasteiger partial charge on any atom is -0.494 e. The summed E-state index contributed by atoms with van der Waals surface area (Å²) in [6.07, 6.45) is -4.83. The number of aromatic hydroxyl groups is 2. The maximum absolute atomic E-state index is 13.5. The van der Waals surface area contributed by atoms with E-state index in [1.807, 2.05) is 0 Å². The molecule has 1 aromatic carbocycles. The van der Waals surface area contributed by atoms with Crippen LogP contribution in [0.4, 0.5) is 13.2 Å². The predicted molar refractivity (Wildman–Crippen MR) is 108 cm³/mol. The number of likely N-dealkylation sites (N-methyl/N-ethyl adjacent to an activating group) is 1. The van der Waals surface area contributed by atoms with Crippen molar-refractivity contribution >= 4 is 5.97 Å². The van der Waals surface area contributed by atoms with Crippen LogP contribution in [0.25, 0.3) is 5.69 Å². The summed E-state index contributed by atoms with van der Waals surface area (Å²) in [5.74, 6) is -2.54. The summed E-state index contributed by atoms with van der Waals surface area (Å²) in [5.41, 5.74) is -4.41. The highest BCUT2D eigenvalue weighted by molar-refractivity contribution is 5.79. The Morgan fingerprint density at radius 3 is 2.27 bits per heavy atom. The highest BCUT2D eigenvalue weighted by atomic mass is 19.4. The third kappa shape index (κ3) is 2.80. The molecular weight excluding hydrogens is 443 g/mol. The van der Waals surface area contributed by atoms with Gasteiger partial charge in [-0.25, -0.2) is 0 Å². The van der Waals surface area contributed by atoms with Crippen LogP contribution in [0.1, 0.15) is 36.1 Å². The molecule has 3 heterocycles. The monoisotopic (exact) mass is 465 g/mol. The highest BCUT2D eigenvalue weighted by Gasteiger charge is 2.72. The van der Waals surface area contributed by atoms with Crippen molar-refractivity contribution in [2.45, 2.75) is 37.3 Å². The number of ether oxygens (including phenoxy) is 2. The van der Waals surface area contributed by atoms with E-state index in [1.165, 1.54) is 19.2 Å². The number of esters is 1. The average molecular weight is 465 g/mol. The van der Waals surface area contributed by atoms with Crippen LogP contribution in [-0.2, 0) is 31.6 Å². The van der Waals surface area contributed by atoms with E-state index in [4.69, 9.17) is 14.7 Å². The molecule has 0 radical (unpaired) electrons. The molecule has 33 heavy (non-hydrogen) atoms. The fourth-order valence-electron chi connectivity index (χ4n) is 5.60. The number of nitriles is 1. The Morgan fingerprint density at radius 1 is 1.21 bits per heavy atom. The molecule has 1 aromatic heterocycles. The van der Waals surface area contributed by atoms with E-state index < -0.39 is 58.2 Å². The van der Waals surface area contributed by atoms with Gasteiger partial charge in [0.1, 0.15) is 17.1 Å². The molecule has 4 atom stereocenters. The van der Waals surface area contributed by atoms with Gasteiger partial charge in [0.25, 0.3) is 0 Å². The summed E-state index contributed by atoms with van der Waals surface area (Å²) < 4.78 is 52.6. The van der Waals surface area contributed by atoms with E-state index in [9.17, 15) is 28.2 Å². The van der Waals surface area contributed by atoms with E-state index in [2.05, 4.69) is 0 Å². The molecule has 4 rings (SSSR count). The van der Waals surface area contributed by atoms with E-state index >= 15 is 0 Å². The Bertz CT molecular complexity index is 1220. The Hall–Kier alpha value is -3.23. The largest absolute Gasteiger partial charge is 0.494 e. The first-order valence-corrected chi connectivity index (χ1v) is 9.97. The molecule has 1 fully saturated rings. The van der Waals surface area contributed by atoms with Gasteiger partial charge in [0.2, 0.25) is 11.8 Å². The Kier molecular flexibility index (Phi) is 4.79. The molecule has 2 unspecified atom stereocenters. The van der Waals surface area contributed by atoms with Crippen LogP contribution in [-0.4, -0.2) is 52.9 Å². The van der Waals surface area contributed by atoms with Crippen LogP contribution in [0.5, 0.6) is 11.8 Å². The van der Waals surface area contributed by atoms with Gasteiger partial charge >= 0.3 is 12.1 Å². The van der Waals surface area contributed by atoms with E-state index in [0.717, 1.165) is 10.6 Å². The minimum atomic E-state index is -4.83. The maximum Gasteiger partial charge on any atom is 0.417 e. The smallest absolute Gasteiger partial charge is 0.417 e. The zero-order valence-electron chi connectivity index (χ0n) is 18.5. The first kappa shape index (κ1) is 22.9. The van der Waals surface area contributed by atoms with Crippen LogP contribution in [0.3, 0.4) is 0 Å². The molecule has 2 N–H and O–H groups in total. The number of aromatic nitrogens is 1. The molecule has 0 aliphatic carbocycles. The molecule has 2 aliphatic heterocycles. The van der Waals surface area contributed by atoms with Crippen LogP contribution in [0.15, 0.2) is 18.2 Å². The number of hydrogen-bond acceptors (Lipinski definition) is 7. The standard InChI is InChI=1S/C22H22F3N3O5/c1-20-13-14(21(2,33-20)16(27(3)4)15(20)19(31)32-5)18(30)28(17(13)29)11-7-6-10(9-26)12(8-11)22(23,24)25/h6-8,15-16,29-30H,1-5H3/t15-,16+,20?,21?/m0/s1. The molecule has 0 spiro atoms. The molecule has 0 amide bonds. The summed E-state index contributed by atoms with van der Waals surface area (Å²) in [7, 11) is 4.68. The molecule has 2 aromatic rings. The van der Waals surface area contributed by atoms with Gasteiger partial charge in [-0.1, -0.05) is 0 Å². The lowest BCUT2D eigenvalue weighted by molar-refractivity contribution is -0.153. The zero-order chi connectivity index (χ0) is 24.7. The fourth-order valence-corrected chi connectivity index (χ4v) is 5.60. The van der Waals surface area contributed by atoms with Crippen molar-refractivity contribution < 1.29 is 37.7 Å². The molecule has 176 valence electrons. The average Bonchev–Trinajstić information content (AvgIpc) is 3.25. The Labute approximate surface area is 187 Å². The number of carbonyl (C=O) groups is 1. The minimum absolute atomic E-state index is 0.105. The van der Waals surface area contributed by atoms with Gasteiger partial charge in [-0.05, 0) is 46.1 Å². The van der Waals surface area contributed by atoms with Gasteiger partial charge < -0.3 is 24.6 Å². The van der Waals surface area contributed by atoms with Gasteiger partial charge in [0.15, 0.2) is 0 Å². The van der Waals surface area contributed by atoms with Gasteiger partial charge in [-0.2, -0.15) is 18.4 Å². The second kappa shape index (κ2) is 6.88. The van der Waals surface area contributed by atoms with Gasteiger partial charge in [0, 0.05) is 0 Å². The van der Waals surface area contributed by atoms with Crippen molar-refractivity contribution in [3.63, 3.8) is 0 Å². The number of fused-ring (bicyclic) bond motifs is 5. The highest BCUT2D eigenvalue weighted by Crippen LogP contribution is 2.67. The van der Waals surface area contributed by atoms with Crippen molar-refractivity contribution in [1.82, 2.24) is 9.47 Å². The van der Waals surface area contributed by atoms with Gasteiger partial charge in [0.05, 0.1) is 47.2 Å². The van der Waals surface area contributed by atoms with Crippen LogP contribution in [0, 0.1) is 17.2 Å². The van der Waals surface area contributed by atoms with Crippen LogP contribution in [0.2, 0.25) is 0 Å². The number of benzene rings is 1. The predicted octanol–water partition coefficient (Wildman–Crippen LogP) is 2.97. The Morgan fingerprint density at radius 2 is 1.79 bits per heavy atom. The van der Waals surface area contributed by atoms with Crippen LogP contribution >= 0.6 is 0 Å². The Balaban J connectivity index is 2.00. The molecule has 8 nitrogen and oxygen atoms in total. The van der Waals surface area contributed by atoms with Crippen molar-refractivity contribution in [3.8, 4) is 23.5 Å². The lowest BCUT2D eigenvalue weighted by Gasteiger charge is -2.38. The SMILES string of the molecule is COC(=O)[C@@H]1[C@@H](N(C)C)C2(C)OC1(C)c1c2c(O)n(-c2ccc(C#N)c(C(F)(F)F)c2)c1O. The first-order valence-electron chi connectivity index (χ1n) is 9.97. The van der Waals surface area contributed by atoms with E-state index in [1.54, 1.807) is 32.8 Å². The number of nitrogens with zero attached hydrogens (tertiary/aromatic N) is 3. The van der Waals surface area contributed by atoms with E-state index in [0.29, 0.717) is 6.07 Å². The zero-order valence-corrected chi connectivity index (χ0v) is 18.5. The summed E-state index contributed by atoms with van der Waals surface area (Å²) >= 11 is 0. The number of methoxy groups -OCH3 is 1. The van der Waals surface area contributed by atoms with Crippen molar-refractivity contribution in [3.05, 3.63) is 40.5 Å². The quantitative estimate of drug-likeness (QED) is 0.671. The molecular formula is C22H22F3N3O5. The molecule has 2 aliphatic rings. The normalized spacial score (nSPS) is 28.1. The molecule has 0 saturated carbocycles. The topological polar surface area (TPSA) is 108 Å². The first-order chi connectivity index (χ1) is 15.2. The van der Waals surface area contributed by atoms with Crippen molar-refractivity contribution in [2.75, 3.05) is 21.2 Å². The third-order valence-electron chi connectivity index (χ3n) is 6.71. The number of halogens is 3. The molecule has 2 bridgehead atoms. The number of rotatable bonds is 3. The lowest BCUT2D eigenvalue weighted by atomic mass is 9.69. The van der Waals surface area contributed by atoms with Gasteiger partial charge in [-0.3, -0.25) is 9.36 Å². The molecule has 11 heteroatoms. The van der Waals surface area contributed by atoms with Gasteiger partial charge in [-0.15, -0.1) is 0 Å². The maximum atomic E-state index is 13.5. The van der Waals surface area contributed by atoms with Crippen molar-refractivity contribution in [1.29, 1.82) is 5.26 Å². The number of alkyl halides is 3. The summed E-state index contributed by atoms with van der Waals surface area (Å²) in [6.45, 7) is 3.22. The lowest BCUT2D eigenvalue weighted by Crippen LogP contribution is -2.52. The fraction of sp³-hybridized carbons (Fsp3) is 0.455. The number of hydrogen-bond donors (Lipinski definition) is 2. The summed E-state index contributed by atoms with van der Waals surface area (Å²) in [4.78, 5) is 14.5. The molecule has 1 saturated heterocycles. The third-order valence-corrected chi connectivity index (χ3v) is 6.71. The summed E-state index contributed by atoms with van der Waals surface area (Å²) in [6, 6.07) is 3.74. The van der Waals surface area contributed by atoms with Crippen LogP contribution < -0.4 is 0 Å².